The van der Waals surface area contributed by atoms with Crippen LogP contribution in [0.15, 0.2) is 42.5 Å². The van der Waals surface area contributed by atoms with E-state index >= 15 is 0 Å². The van der Waals surface area contributed by atoms with Crippen LogP contribution in [0.4, 0.5) is 11.4 Å². The lowest BCUT2D eigenvalue weighted by atomic mass is 10.0. The Morgan fingerprint density at radius 2 is 1.80 bits per heavy atom. The Kier molecular flexibility index (Phi) is 7.85. The van der Waals surface area contributed by atoms with Crippen LogP contribution in [-0.4, -0.2) is 56.7 Å². The molecule has 2 aliphatic rings. The highest BCUT2D eigenvalue weighted by molar-refractivity contribution is 7.88. The maximum absolute atomic E-state index is 12.8. The molecule has 2 aromatic rings. The lowest BCUT2D eigenvalue weighted by molar-refractivity contribution is -0.120. The molecule has 0 aromatic heterocycles. The van der Waals surface area contributed by atoms with Crippen molar-refractivity contribution in [2.45, 2.75) is 44.2 Å². The predicted molar refractivity (Wildman–Crippen MR) is 136 cm³/mol. The van der Waals surface area contributed by atoms with Crippen LogP contribution in [0.1, 0.15) is 37.7 Å². The highest BCUT2D eigenvalue weighted by Crippen LogP contribution is 2.31. The van der Waals surface area contributed by atoms with Gasteiger partial charge in [-0.2, -0.15) is 9.57 Å². The maximum atomic E-state index is 12.8. The largest absolute Gasteiger partial charge is 0.489 e. The molecule has 0 bridgehead atoms. The summed E-state index contributed by atoms with van der Waals surface area (Å²) in [5.41, 5.74) is 2.24. The highest BCUT2D eigenvalue weighted by atomic mass is 35.5. The summed E-state index contributed by atoms with van der Waals surface area (Å²) in [6, 6.07) is 14.1. The second kappa shape index (κ2) is 10.9. The number of benzene rings is 2. The van der Waals surface area contributed by atoms with E-state index in [4.69, 9.17) is 21.6 Å². The first kappa shape index (κ1) is 25.3. The van der Waals surface area contributed by atoms with Crippen molar-refractivity contribution in [2.24, 2.45) is 0 Å². The molecule has 1 atom stereocenters. The summed E-state index contributed by atoms with van der Waals surface area (Å²) in [5, 5.41) is 12.2. The van der Waals surface area contributed by atoms with E-state index in [0.29, 0.717) is 35.0 Å². The van der Waals surface area contributed by atoms with E-state index in [0.717, 1.165) is 50.7 Å². The number of nitriles is 1. The molecule has 2 fully saturated rings. The first-order valence-electron chi connectivity index (χ1n) is 11.7. The number of nitrogens with one attached hydrogen (secondary N) is 1. The number of sulfonamides is 1. The van der Waals surface area contributed by atoms with Crippen LogP contribution >= 0.6 is 11.6 Å². The fourth-order valence-corrected chi connectivity index (χ4v) is 5.97. The molecule has 35 heavy (non-hydrogen) atoms. The van der Waals surface area contributed by atoms with Gasteiger partial charge >= 0.3 is 0 Å². The van der Waals surface area contributed by atoms with Gasteiger partial charge in [0.05, 0.1) is 22.9 Å². The quantitative estimate of drug-likeness (QED) is 0.622. The number of rotatable bonds is 6. The van der Waals surface area contributed by atoms with Crippen LogP contribution in [-0.2, 0) is 14.8 Å². The van der Waals surface area contributed by atoms with Gasteiger partial charge in [0.15, 0.2) is 0 Å². The summed E-state index contributed by atoms with van der Waals surface area (Å²) in [4.78, 5) is 15.1. The molecule has 186 valence electrons. The Morgan fingerprint density at radius 3 is 2.43 bits per heavy atom. The molecule has 0 radical (unpaired) electrons. The summed E-state index contributed by atoms with van der Waals surface area (Å²) >= 11 is 6.45. The third-order valence-electron chi connectivity index (χ3n) is 6.48. The number of carbonyl (C=O) groups is 1. The number of hydrogen-bond donors (Lipinski definition) is 1. The minimum atomic E-state index is -3.46. The van der Waals surface area contributed by atoms with E-state index < -0.39 is 16.1 Å². The van der Waals surface area contributed by atoms with Crippen LogP contribution < -0.4 is 15.0 Å². The second-order valence-electron chi connectivity index (χ2n) is 8.98. The summed E-state index contributed by atoms with van der Waals surface area (Å²) in [6.07, 6.45) is 4.87. The number of halogens is 1. The normalized spacial score (nSPS) is 19.7. The van der Waals surface area contributed by atoms with Gasteiger partial charge in [-0.25, -0.2) is 8.42 Å². The Labute approximate surface area is 211 Å². The standard InChI is InChI=1S/C25H29ClN4O4S/c1-35(32,33)30-13-3-2-4-23(30)25(31)28-19-7-10-24(22(26)16-19)34-21-11-14-29(15-12-21)20-8-5-18(17-27)6-9-20/h5-10,16,21,23H,2-4,11-15H2,1H3,(H,28,31)/t23-/m1/s1. The van der Waals surface area contributed by atoms with E-state index in [1.807, 2.05) is 24.3 Å². The number of amides is 1. The number of hydrogen-bond acceptors (Lipinski definition) is 6. The maximum Gasteiger partial charge on any atom is 0.242 e. The minimum absolute atomic E-state index is 0.0214. The lowest BCUT2D eigenvalue weighted by Gasteiger charge is -2.34. The number of anilines is 2. The third kappa shape index (κ3) is 6.26. The number of ether oxygens (including phenoxy) is 1. The number of piperidine rings is 2. The van der Waals surface area contributed by atoms with Gasteiger partial charge in [0, 0.05) is 43.9 Å². The Bertz CT molecular complexity index is 1200. The summed E-state index contributed by atoms with van der Waals surface area (Å²) in [5.74, 6) is 0.201. The summed E-state index contributed by atoms with van der Waals surface area (Å²) in [7, 11) is -3.46. The molecule has 2 saturated heterocycles. The molecule has 8 nitrogen and oxygen atoms in total. The van der Waals surface area contributed by atoms with Gasteiger partial charge in [0.1, 0.15) is 17.9 Å². The van der Waals surface area contributed by atoms with Gasteiger partial charge in [-0.15, -0.1) is 0 Å². The molecular formula is C25H29ClN4O4S. The minimum Gasteiger partial charge on any atom is -0.489 e. The molecule has 2 aromatic carbocycles. The van der Waals surface area contributed by atoms with Gasteiger partial charge in [-0.1, -0.05) is 18.0 Å². The summed E-state index contributed by atoms with van der Waals surface area (Å²) in [6.45, 7) is 2.02. The van der Waals surface area contributed by atoms with Crippen LogP contribution in [0.2, 0.25) is 5.02 Å². The highest BCUT2D eigenvalue weighted by Gasteiger charge is 2.34. The molecule has 0 aliphatic carbocycles. The van der Waals surface area contributed by atoms with Gasteiger partial charge in [0.25, 0.3) is 0 Å². The molecule has 1 amide bonds. The lowest BCUT2D eigenvalue weighted by Crippen LogP contribution is -2.49. The average Bonchev–Trinajstić information content (AvgIpc) is 2.86. The molecule has 0 spiro atoms. The average molecular weight is 517 g/mol. The fraction of sp³-hybridized carbons (Fsp3) is 0.440. The molecule has 0 unspecified atom stereocenters. The Hall–Kier alpha value is -2.80. The van der Waals surface area contributed by atoms with Crippen molar-refractivity contribution in [3.8, 4) is 11.8 Å². The second-order valence-corrected chi connectivity index (χ2v) is 11.3. The predicted octanol–water partition coefficient (Wildman–Crippen LogP) is 4.01. The molecule has 0 saturated carbocycles. The first-order valence-corrected chi connectivity index (χ1v) is 14.0. The first-order chi connectivity index (χ1) is 16.7. The number of nitrogens with zero attached hydrogens (tertiary/aromatic N) is 3. The Balaban J connectivity index is 1.33. The van der Waals surface area contributed by atoms with Gasteiger partial charge in [0.2, 0.25) is 15.9 Å². The van der Waals surface area contributed by atoms with Crippen LogP contribution in [0, 0.1) is 11.3 Å². The molecule has 2 heterocycles. The molecule has 2 aliphatic heterocycles. The van der Waals surface area contributed by atoms with Crippen molar-refractivity contribution in [1.29, 1.82) is 5.26 Å². The SMILES string of the molecule is CS(=O)(=O)N1CCCC[C@@H]1C(=O)Nc1ccc(OC2CCN(c3ccc(C#N)cc3)CC2)c(Cl)c1. The van der Waals surface area contributed by atoms with Crippen molar-refractivity contribution in [3.63, 3.8) is 0 Å². The van der Waals surface area contributed by atoms with Crippen LogP contribution in [0.25, 0.3) is 0 Å². The zero-order valence-corrected chi connectivity index (χ0v) is 21.2. The zero-order chi connectivity index (χ0) is 25.0. The fourth-order valence-electron chi connectivity index (χ4n) is 4.62. The van der Waals surface area contributed by atoms with Crippen LogP contribution in [0.3, 0.4) is 0 Å². The monoisotopic (exact) mass is 516 g/mol. The third-order valence-corrected chi connectivity index (χ3v) is 8.06. The van der Waals surface area contributed by atoms with E-state index in [2.05, 4.69) is 16.3 Å². The van der Waals surface area contributed by atoms with Crippen LogP contribution in [0.5, 0.6) is 5.75 Å². The van der Waals surface area contributed by atoms with Gasteiger partial charge < -0.3 is 15.0 Å². The van der Waals surface area contributed by atoms with Crippen molar-refractivity contribution in [2.75, 3.05) is 36.1 Å². The number of carbonyl (C=O) groups excluding carboxylic acids is 1. The van der Waals surface area contributed by atoms with Crippen molar-refractivity contribution >= 4 is 38.9 Å². The van der Waals surface area contributed by atoms with E-state index in [9.17, 15) is 13.2 Å². The van der Waals surface area contributed by atoms with Gasteiger partial charge in [-0.05, 0) is 55.3 Å². The van der Waals surface area contributed by atoms with E-state index in [-0.39, 0.29) is 12.0 Å². The van der Waals surface area contributed by atoms with Crippen molar-refractivity contribution in [3.05, 3.63) is 53.1 Å². The van der Waals surface area contributed by atoms with Gasteiger partial charge in [-0.3, -0.25) is 4.79 Å². The van der Waals surface area contributed by atoms with E-state index in [1.54, 1.807) is 18.2 Å². The van der Waals surface area contributed by atoms with E-state index in [1.165, 1.54) is 4.31 Å². The molecule has 10 heteroatoms. The molecule has 1 N–H and O–H groups in total. The smallest absolute Gasteiger partial charge is 0.242 e. The molecular weight excluding hydrogens is 488 g/mol. The van der Waals surface area contributed by atoms with Crippen molar-refractivity contribution in [1.82, 2.24) is 4.31 Å². The topological polar surface area (TPSA) is 103 Å². The summed E-state index contributed by atoms with van der Waals surface area (Å²) < 4.78 is 31.5. The zero-order valence-electron chi connectivity index (χ0n) is 19.6. The Morgan fingerprint density at radius 1 is 1.09 bits per heavy atom. The molecule has 4 rings (SSSR count). The van der Waals surface area contributed by atoms with Crippen molar-refractivity contribution < 1.29 is 17.9 Å².